The number of nitrogens with zero attached hydrogens (tertiary/aromatic N) is 5. The van der Waals surface area contributed by atoms with E-state index in [9.17, 15) is 15.2 Å². The number of aromatic nitrogens is 3. The normalized spacial score (nSPS) is 14.4. The van der Waals surface area contributed by atoms with Crippen LogP contribution in [-0.4, -0.2) is 61.6 Å². The van der Waals surface area contributed by atoms with Crippen LogP contribution in [0, 0.1) is 11.3 Å². The second kappa shape index (κ2) is 9.63. The SMILES string of the molecule is CC(C)(O)COc1cc(-c2ccc(C3=CCN(C(=O)OC(C)(C)C)CC3)nc2)c2c(C#N)cnn2c1. The second-order valence-corrected chi connectivity index (χ2v) is 10.5. The van der Waals surface area contributed by atoms with Gasteiger partial charge in [0, 0.05) is 30.4 Å². The molecule has 4 heterocycles. The van der Waals surface area contributed by atoms with E-state index >= 15 is 0 Å². The molecule has 9 nitrogen and oxygen atoms in total. The van der Waals surface area contributed by atoms with Gasteiger partial charge in [-0.25, -0.2) is 9.31 Å². The molecule has 4 rings (SSSR count). The summed E-state index contributed by atoms with van der Waals surface area (Å²) in [4.78, 5) is 18.7. The lowest BCUT2D eigenvalue weighted by Gasteiger charge is -2.29. The van der Waals surface area contributed by atoms with Gasteiger partial charge in [0.2, 0.25) is 0 Å². The largest absolute Gasteiger partial charge is 0.489 e. The molecule has 0 spiro atoms. The van der Waals surface area contributed by atoms with E-state index in [2.05, 4.69) is 16.2 Å². The summed E-state index contributed by atoms with van der Waals surface area (Å²) in [6, 6.07) is 7.91. The van der Waals surface area contributed by atoms with Crippen LogP contribution in [0.3, 0.4) is 0 Å². The molecule has 0 saturated heterocycles. The third kappa shape index (κ3) is 5.83. The minimum Gasteiger partial charge on any atom is -0.489 e. The first-order valence-electron chi connectivity index (χ1n) is 11.8. The van der Waals surface area contributed by atoms with Gasteiger partial charge in [0.15, 0.2) is 0 Å². The molecule has 0 aliphatic carbocycles. The van der Waals surface area contributed by atoms with E-state index in [0.717, 1.165) is 22.4 Å². The van der Waals surface area contributed by atoms with Crippen molar-refractivity contribution in [3.05, 3.63) is 54.1 Å². The predicted molar refractivity (Wildman–Crippen MR) is 135 cm³/mol. The van der Waals surface area contributed by atoms with Crippen LogP contribution in [0.4, 0.5) is 4.79 Å². The van der Waals surface area contributed by atoms with Gasteiger partial charge in [-0.05, 0) is 58.7 Å². The molecule has 0 fully saturated rings. The first-order chi connectivity index (χ1) is 16.9. The molecular formula is C27H31N5O4. The number of hydrogen-bond donors (Lipinski definition) is 1. The van der Waals surface area contributed by atoms with Gasteiger partial charge in [0.1, 0.15) is 24.0 Å². The number of ether oxygens (including phenoxy) is 2. The van der Waals surface area contributed by atoms with E-state index in [1.54, 1.807) is 35.7 Å². The smallest absolute Gasteiger partial charge is 0.410 e. The van der Waals surface area contributed by atoms with Gasteiger partial charge in [-0.1, -0.05) is 12.1 Å². The van der Waals surface area contributed by atoms with E-state index in [-0.39, 0.29) is 12.7 Å². The molecule has 1 N–H and O–H groups in total. The van der Waals surface area contributed by atoms with Crippen molar-refractivity contribution in [2.75, 3.05) is 19.7 Å². The summed E-state index contributed by atoms with van der Waals surface area (Å²) in [6.45, 7) is 10.0. The predicted octanol–water partition coefficient (Wildman–Crippen LogP) is 4.44. The zero-order chi connectivity index (χ0) is 26.1. The fourth-order valence-corrected chi connectivity index (χ4v) is 3.87. The molecular weight excluding hydrogens is 458 g/mol. The first-order valence-corrected chi connectivity index (χ1v) is 11.8. The Morgan fingerprint density at radius 2 is 2.00 bits per heavy atom. The van der Waals surface area contributed by atoms with Crippen molar-refractivity contribution in [2.24, 2.45) is 0 Å². The Kier molecular flexibility index (Phi) is 6.74. The summed E-state index contributed by atoms with van der Waals surface area (Å²) < 4.78 is 12.9. The van der Waals surface area contributed by atoms with Crippen LogP contribution in [0.5, 0.6) is 5.75 Å². The Bertz CT molecular complexity index is 1340. The van der Waals surface area contributed by atoms with E-state index < -0.39 is 11.2 Å². The third-order valence-corrected chi connectivity index (χ3v) is 5.56. The van der Waals surface area contributed by atoms with Crippen molar-refractivity contribution in [3.63, 3.8) is 0 Å². The molecule has 9 heteroatoms. The number of fused-ring (bicyclic) bond motifs is 1. The molecule has 1 aliphatic heterocycles. The van der Waals surface area contributed by atoms with E-state index in [1.807, 2.05) is 45.0 Å². The number of pyridine rings is 2. The Morgan fingerprint density at radius 3 is 2.58 bits per heavy atom. The highest BCUT2D eigenvalue weighted by molar-refractivity contribution is 5.85. The van der Waals surface area contributed by atoms with Gasteiger partial charge in [0.25, 0.3) is 0 Å². The minimum absolute atomic E-state index is 0.107. The molecule has 0 radical (unpaired) electrons. The van der Waals surface area contributed by atoms with E-state index in [1.165, 1.54) is 6.20 Å². The maximum atomic E-state index is 12.3. The second-order valence-electron chi connectivity index (χ2n) is 10.5. The Labute approximate surface area is 210 Å². The molecule has 1 amide bonds. The molecule has 1 aliphatic rings. The molecule has 0 unspecified atom stereocenters. The number of hydrogen-bond acceptors (Lipinski definition) is 7. The van der Waals surface area contributed by atoms with Crippen molar-refractivity contribution in [1.82, 2.24) is 19.5 Å². The van der Waals surface area contributed by atoms with Gasteiger partial charge in [-0.15, -0.1) is 0 Å². The summed E-state index contributed by atoms with van der Waals surface area (Å²) in [7, 11) is 0. The summed E-state index contributed by atoms with van der Waals surface area (Å²) in [6.07, 6.45) is 7.34. The summed E-state index contributed by atoms with van der Waals surface area (Å²) >= 11 is 0. The Hall–Kier alpha value is -3.90. The lowest BCUT2D eigenvalue weighted by molar-refractivity contribution is 0.0268. The molecule has 0 atom stereocenters. The highest BCUT2D eigenvalue weighted by atomic mass is 16.6. The number of aliphatic hydroxyl groups is 1. The van der Waals surface area contributed by atoms with Gasteiger partial charge >= 0.3 is 6.09 Å². The first kappa shape index (κ1) is 25.2. The fraction of sp³-hybridized carbons (Fsp3) is 0.407. The number of nitriles is 1. The minimum atomic E-state index is -0.993. The van der Waals surface area contributed by atoms with Crippen molar-refractivity contribution in [3.8, 4) is 22.9 Å². The average molecular weight is 490 g/mol. The summed E-state index contributed by atoms with van der Waals surface area (Å²) in [5.41, 5.74) is 3.05. The van der Waals surface area contributed by atoms with Crippen molar-refractivity contribution >= 4 is 17.2 Å². The molecule has 0 saturated carbocycles. The molecule has 3 aromatic heterocycles. The Balaban J connectivity index is 1.59. The Morgan fingerprint density at radius 1 is 1.22 bits per heavy atom. The number of amides is 1. The van der Waals surface area contributed by atoms with Crippen molar-refractivity contribution in [1.29, 1.82) is 5.26 Å². The molecule has 188 valence electrons. The van der Waals surface area contributed by atoms with Gasteiger partial charge in [-0.2, -0.15) is 10.4 Å². The van der Waals surface area contributed by atoms with Crippen molar-refractivity contribution < 1.29 is 19.4 Å². The number of carbonyl (C=O) groups is 1. The van der Waals surface area contributed by atoms with E-state index in [0.29, 0.717) is 36.3 Å². The standard InChI is InChI=1S/C27H31N5O4/c1-26(2,3)36-25(33)31-10-8-18(9-11-31)23-7-6-19(14-29-23)22-12-21(35-17-27(4,5)34)16-32-24(22)20(13-28)15-30-32/h6-8,12,14-16,34H,9-11,17H2,1-5H3. The van der Waals surface area contributed by atoms with Crippen LogP contribution in [0.1, 0.15) is 52.3 Å². The fourth-order valence-electron chi connectivity index (χ4n) is 3.87. The van der Waals surface area contributed by atoms with Crippen LogP contribution >= 0.6 is 0 Å². The molecule has 36 heavy (non-hydrogen) atoms. The molecule has 0 bridgehead atoms. The monoisotopic (exact) mass is 489 g/mol. The van der Waals surface area contributed by atoms with Crippen LogP contribution < -0.4 is 4.74 Å². The van der Waals surface area contributed by atoms with Gasteiger partial charge in [-0.3, -0.25) is 4.98 Å². The number of carbonyl (C=O) groups excluding carboxylic acids is 1. The zero-order valence-electron chi connectivity index (χ0n) is 21.3. The van der Waals surface area contributed by atoms with Gasteiger partial charge in [0.05, 0.1) is 34.8 Å². The maximum absolute atomic E-state index is 12.3. The zero-order valence-corrected chi connectivity index (χ0v) is 21.3. The number of rotatable bonds is 5. The van der Waals surface area contributed by atoms with Crippen LogP contribution in [0.2, 0.25) is 0 Å². The topological polar surface area (TPSA) is 113 Å². The summed E-state index contributed by atoms with van der Waals surface area (Å²) in [5, 5.41) is 23.9. The van der Waals surface area contributed by atoms with E-state index in [4.69, 9.17) is 9.47 Å². The van der Waals surface area contributed by atoms with Crippen LogP contribution in [0.25, 0.3) is 22.2 Å². The maximum Gasteiger partial charge on any atom is 0.410 e. The quantitative estimate of drug-likeness (QED) is 0.564. The highest BCUT2D eigenvalue weighted by Gasteiger charge is 2.24. The average Bonchev–Trinajstić information content (AvgIpc) is 3.24. The lowest BCUT2D eigenvalue weighted by Crippen LogP contribution is -2.39. The van der Waals surface area contributed by atoms with Crippen molar-refractivity contribution in [2.45, 2.75) is 52.2 Å². The van der Waals surface area contributed by atoms with Gasteiger partial charge < -0.3 is 19.5 Å². The highest BCUT2D eigenvalue weighted by Crippen LogP contribution is 2.32. The molecule has 0 aromatic carbocycles. The lowest BCUT2D eigenvalue weighted by atomic mass is 10.0. The summed E-state index contributed by atoms with van der Waals surface area (Å²) in [5.74, 6) is 0.522. The molecule has 3 aromatic rings. The van der Waals surface area contributed by atoms with Crippen LogP contribution in [0.15, 0.2) is 42.9 Å². The van der Waals surface area contributed by atoms with Crippen LogP contribution in [-0.2, 0) is 4.74 Å². The third-order valence-electron chi connectivity index (χ3n) is 5.56.